The SMILES string of the molecule is COc1cc(=O)n2c(c1C(=O)NCc1nccs1)CCN(Cc1ccccc1F)CC2. The predicted octanol–water partition coefficient (Wildman–Crippen LogP) is 2.44. The summed E-state index contributed by atoms with van der Waals surface area (Å²) in [6, 6.07) is 8.04. The number of pyridine rings is 1. The molecule has 1 N–H and O–H groups in total. The summed E-state index contributed by atoms with van der Waals surface area (Å²) >= 11 is 1.46. The zero-order valence-electron chi connectivity index (χ0n) is 17.1. The molecule has 3 aromatic rings. The van der Waals surface area contributed by atoms with Crippen molar-refractivity contribution in [2.75, 3.05) is 20.2 Å². The van der Waals surface area contributed by atoms with Crippen LogP contribution in [-0.2, 0) is 26.1 Å². The van der Waals surface area contributed by atoms with E-state index < -0.39 is 0 Å². The van der Waals surface area contributed by atoms with Gasteiger partial charge in [0.15, 0.2) is 0 Å². The number of aromatic nitrogens is 2. The standard InChI is InChI=1S/C22H23FN4O3S/c1-30-18-12-20(28)27-10-9-26(14-15-4-2-3-5-16(15)23)8-6-17(27)21(18)22(29)25-13-19-24-7-11-31-19/h2-5,7,11-12H,6,8-10,13-14H2,1H3,(H,25,29). The molecule has 0 radical (unpaired) electrons. The number of carbonyl (C=O) groups is 1. The highest BCUT2D eigenvalue weighted by Crippen LogP contribution is 2.23. The summed E-state index contributed by atoms with van der Waals surface area (Å²) in [7, 11) is 1.45. The minimum atomic E-state index is -0.307. The summed E-state index contributed by atoms with van der Waals surface area (Å²) in [5, 5.41) is 5.52. The number of halogens is 1. The lowest BCUT2D eigenvalue weighted by atomic mass is 10.1. The van der Waals surface area contributed by atoms with Crippen molar-refractivity contribution in [3.8, 4) is 5.75 Å². The van der Waals surface area contributed by atoms with Crippen molar-refractivity contribution in [3.05, 3.63) is 79.9 Å². The number of hydrogen-bond acceptors (Lipinski definition) is 6. The van der Waals surface area contributed by atoms with Crippen LogP contribution in [0.5, 0.6) is 5.75 Å². The van der Waals surface area contributed by atoms with E-state index in [1.807, 2.05) is 11.4 Å². The molecule has 1 aliphatic rings. The number of ether oxygens (including phenoxy) is 1. The summed E-state index contributed by atoms with van der Waals surface area (Å²) < 4.78 is 21.1. The Morgan fingerprint density at radius 2 is 2.13 bits per heavy atom. The van der Waals surface area contributed by atoms with E-state index in [-0.39, 0.29) is 23.0 Å². The lowest BCUT2D eigenvalue weighted by Crippen LogP contribution is -2.31. The fourth-order valence-corrected chi connectivity index (χ4v) is 4.36. The number of amides is 1. The molecule has 0 spiro atoms. The van der Waals surface area contributed by atoms with E-state index in [1.54, 1.807) is 22.9 Å². The Labute approximate surface area is 183 Å². The van der Waals surface area contributed by atoms with Gasteiger partial charge in [-0.05, 0) is 6.07 Å². The molecule has 7 nitrogen and oxygen atoms in total. The van der Waals surface area contributed by atoms with Crippen LogP contribution in [0.1, 0.15) is 26.6 Å². The molecule has 0 bridgehead atoms. The van der Waals surface area contributed by atoms with E-state index in [4.69, 9.17) is 4.74 Å². The van der Waals surface area contributed by atoms with Crippen LogP contribution in [0.3, 0.4) is 0 Å². The van der Waals surface area contributed by atoms with Gasteiger partial charge in [0.05, 0.1) is 13.7 Å². The zero-order valence-corrected chi connectivity index (χ0v) is 18.0. The van der Waals surface area contributed by atoms with E-state index in [0.717, 1.165) is 5.01 Å². The average Bonchev–Trinajstić information content (AvgIpc) is 3.20. The van der Waals surface area contributed by atoms with Crippen LogP contribution >= 0.6 is 11.3 Å². The van der Waals surface area contributed by atoms with E-state index in [0.29, 0.717) is 56.0 Å². The first-order valence-electron chi connectivity index (χ1n) is 10.00. The highest BCUT2D eigenvalue weighted by Gasteiger charge is 2.25. The van der Waals surface area contributed by atoms with Crippen LogP contribution in [0, 0.1) is 5.82 Å². The van der Waals surface area contributed by atoms with E-state index >= 15 is 0 Å². The topological polar surface area (TPSA) is 76.5 Å². The van der Waals surface area contributed by atoms with Crippen LogP contribution in [0.2, 0.25) is 0 Å². The minimum absolute atomic E-state index is 0.212. The van der Waals surface area contributed by atoms with Gasteiger partial charge in [0.1, 0.15) is 22.1 Å². The van der Waals surface area contributed by atoms with Crippen molar-refractivity contribution < 1.29 is 13.9 Å². The molecule has 31 heavy (non-hydrogen) atoms. The number of fused-ring (bicyclic) bond motifs is 1. The molecule has 0 unspecified atom stereocenters. The summed E-state index contributed by atoms with van der Waals surface area (Å²) in [4.78, 5) is 32.0. The number of benzene rings is 1. The quantitative estimate of drug-likeness (QED) is 0.635. The summed E-state index contributed by atoms with van der Waals surface area (Å²) in [5.74, 6) is -0.292. The third kappa shape index (κ3) is 4.67. The van der Waals surface area contributed by atoms with Crippen molar-refractivity contribution in [2.45, 2.75) is 26.1 Å². The monoisotopic (exact) mass is 442 g/mol. The van der Waals surface area contributed by atoms with Gasteiger partial charge < -0.3 is 14.6 Å². The van der Waals surface area contributed by atoms with Gasteiger partial charge in [-0.3, -0.25) is 14.5 Å². The first kappa shape index (κ1) is 21.2. The van der Waals surface area contributed by atoms with Crippen LogP contribution in [-0.4, -0.2) is 40.6 Å². The second kappa shape index (κ2) is 9.40. The fourth-order valence-electron chi connectivity index (χ4n) is 3.81. The van der Waals surface area contributed by atoms with E-state index in [9.17, 15) is 14.0 Å². The second-order valence-corrected chi connectivity index (χ2v) is 8.23. The molecule has 1 aromatic carbocycles. The van der Waals surface area contributed by atoms with Crippen LogP contribution in [0.4, 0.5) is 4.39 Å². The summed E-state index contributed by atoms with van der Waals surface area (Å²) in [6.45, 7) is 2.33. The molecule has 1 amide bonds. The Balaban J connectivity index is 1.59. The molecule has 0 saturated carbocycles. The maximum atomic E-state index is 14.1. The highest BCUT2D eigenvalue weighted by molar-refractivity contribution is 7.09. The van der Waals surface area contributed by atoms with Gasteiger partial charge in [0.25, 0.3) is 11.5 Å². The molecule has 3 heterocycles. The minimum Gasteiger partial charge on any atom is -0.496 e. The Morgan fingerprint density at radius 1 is 1.29 bits per heavy atom. The van der Waals surface area contributed by atoms with Gasteiger partial charge in [-0.25, -0.2) is 9.37 Å². The molecule has 9 heteroatoms. The highest BCUT2D eigenvalue weighted by atomic mass is 32.1. The molecule has 0 aliphatic carbocycles. The Morgan fingerprint density at radius 3 is 2.87 bits per heavy atom. The van der Waals surface area contributed by atoms with Gasteiger partial charge in [-0.2, -0.15) is 0 Å². The smallest absolute Gasteiger partial charge is 0.257 e. The number of rotatable bonds is 6. The third-order valence-electron chi connectivity index (χ3n) is 5.37. The second-order valence-electron chi connectivity index (χ2n) is 7.25. The number of nitrogens with zero attached hydrogens (tertiary/aromatic N) is 3. The fraction of sp³-hybridized carbons (Fsp3) is 0.318. The van der Waals surface area contributed by atoms with Crippen molar-refractivity contribution in [2.24, 2.45) is 0 Å². The summed E-state index contributed by atoms with van der Waals surface area (Å²) in [5.41, 5.74) is 1.40. The number of thiazole rings is 1. The molecule has 0 atom stereocenters. The number of nitrogens with one attached hydrogen (secondary N) is 1. The molecular weight excluding hydrogens is 419 g/mol. The van der Waals surface area contributed by atoms with Crippen molar-refractivity contribution >= 4 is 17.2 Å². The summed E-state index contributed by atoms with van der Waals surface area (Å²) in [6.07, 6.45) is 2.16. The lowest BCUT2D eigenvalue weighted by Gasteiger charge is -2.19. The first-order chi connectivity index (χ1) is 15.1. The lowest BCUT2D eigenvalue weighted by molar-refractivity contribution is 0.0945. The zero-order chi connectivity index (χ0) is 21.8. The first-order valence-corrected chi connectivity index (χ1v) is 10.9. The molecule has 4 rings (SSSR count). The molecular formula is C22H23FN4O3S. The molecule has 0 saturated heterocycles. The predicted molar refractivity (Wildman–Crippen MR) is 116 cm³/mol. The molecule has 0 fully saturated rings. The normalized spacial score (nSPS) is 14.0. The molecule has 2 aromatic heterocycles. The van der Waals surface area contributed by atoms with Crippen LogP contribution < -0.4 is 15.6 Å². The van der Waals surface area contributed by atoms with Crippen LogP contribution in [0.25, 0.3) is 0 Å². The van der Waals surface area contributed by atoms with Crippen molar-refractivity contribution in [1.29, 1.82) is 0 Å². The average molecular weight is 443 g/mol. The number of hydrogen-bond donors (Lipinski definition) is 1. The Kier molecular flexibility index (Phi) is 6.43. The molecule has 1 aliphatic heterocycles. The number of methoxy groups -OCH3 is 1. The van der Waals surface area contributed by atoms with Gasteiger partial charge in [0, 0.05) is 61.5 Å². The largest absolute Gasteiger partial charge is 0.496 e. The van der Waals surface area contributed by atoms with Crippen molar-refractivity contribution in [1.82, 2.24) is 19.8 Å². The van der Waals surface area contributed by atoms with Gasteiger partial charge >= 0.3 is 0 Å². The van der Waals surface area contributed by atoms with Gasteiger partial charge in [0.2, 0.25) is 0 Å². The maximum absolute atomic E-state index is 14.1. The maximum Gasteiger partial charge on any atom is 0.257 e. The third-order valence-corrected chi connectivity index (χ3v) is 6.15. The van der Waals surface area contributed by atoms with E-state index in [1.165, 1.54) is 30.6 Å². The van der Waals surface area contributed by atoms with Crippen LogP contribution in [0.15, 0.2) is 46.7 Å². The van der Waals surface area contributed by atoms with Gasteiger partial charge in [-0.15, -0.1) is 11.3 Å². The van der Waals surface area contributed by atoms with E-state index in [2.05, 4.69) is 15.2 Å². The van der Waals surface area contributed by atoms with Crippen molar-refractivity contribution in [3.63, 3.8) is 0 Å². The Hall–Kier alpha value is -3.04. The number of carbonyl (C=O) groups excluding carboxylic acids is 1. The molecule has 162 valence electrons. The van der Waals surface area contributed by atoms with Gasteiger partial charge in [-0.1, -0.05) is 18.2 Å². The Bertz CT molecular complexity index is 1130.